The maximum Gasteiger partial charge on any atom is 0.346 e. The molecule has 0 aliphatic rings. The van der Waals surface area contributed by atoms with E-state index in [-0.39, 0.29) is 5.56 Å². The van der Waals surface area contributed by atoms with Crippen LogP contribution in [0.2, 0.25) is 0 Å². The van der Waals surface area contributed by atoms with E-state index in [1.807, 2.05) is 30.3 Å². The molecule has 0 bridgehead atoms. The summed E-state index contributed by atoms with van der Waals surface area (Å²) >= 11 is 0. The first-order valence-electron chi connectivity index (χ1n) is 7.94. The first-order chi connectivity index (χ1) is 12.6. The number of esters is 2. The molecule has 0 spiro atoms. The van der Waals surface area contributed by atoms with E-state index < -0.39 is 18.0 Å². The lowest BCUT2D eigenvalue weighted by Gasteiger charge is -2.10. The van der Waals surface area contributed by atoms with Crippen molar-refractivity contribution in [2.24, 2.45) is 0 Å². The third-order valence-electron chi connectivity index (χ3n) is 3.71. The molecule has 1 aromatic carbocycles. The summed E-state index contributed by atoms with van der Waals surface area (Å²) in [6.07, 6.45) is 3.80. The average molecular weight is 351 g/mol. The monoisotopic (exact) mass is 351 g/mol. The van der Waals surface area contributed by atoms with E-state index in [0.717, 1.165) is 5.69 Å². The zero-order chi connectivity index (χ0) is 18.5. The number of carbonyl (C=O) groups is 2. The van der Waals surface area contributed by atoms with E-state index in [4.69, 9.17) is 4.74 Å². The second-order valence-electron chi connectivity index (χ2n) is 5.48. The van der Waals surface area contributed by atoms with Gasteiger partial charge in [0.05, 0.1) is 12.8 Å². The molecule has 132 valence electrons. The number of hydrogen-bond donors (Lipinski definition) is 0. The van der Waals surface area contributed by atoms with Crippen LogP contribution in [0.3, 0.4) is 0 Å². The summed E-state index contributed by atoms with van der Waals surface area (Å²) < 4.78 is 11.4. The molecule has 0 saturated carbocycles. The van der Waals surface area contributed by atoms with Crippen molar-refractivity contribution < 1.29 is 19.1 Å². The van der Waals surface area contributed by atoms with Gasteiger partial charge in [0.2, 0.25) is 0 Å². The molecule has 3 rings (SSSR count). The molecule has 2 aromatic heterocycles. The van der Waals surface area contributed by atoms with Crippen LogP contribution in [0, 0.1) is 0 Å². The van der Waals surface area contributed by atoms with E-state index in [2.05, 4.69) is 14.8 Å². The summed E-state index contributed by atoms with van der Waals surface area (Å²) in [6, 6.07) is 12.9. The van der Waals surface area contributed by atoms with Gasteiger partial charge in [0.25, 0.3) is 0 Å². The Morgan fingerprint density at radius 1 is 1.12 bits per heavy atom. The molecule has 0 aliphatic carbocycles. The van der Waals surface area contributed by atoms with Crippen LogP contribution in [0.15, 0.2) is 61.1 Å². The number of benzene rings is 1. The Morgan fingerprint density at radius 2 is 1.88 bits per heavy atom. The molecule has 26 heavy (non-hydrogen) atoms. The fourth-order valence-corrected chi connectivity index (χ4v) is 2.39. The number of hydrogen-bond acceptors (Lipinski definition) is 6. The van der Waals surface area contributed by atoms with Gasteiger partial charge in [0, 0.05) is 24.2 Å². The third kappa shape index (κ3) is 3.61. The number of methoxy groups -OCH3 is 1. The summed E-state index contributed by atoms with van der Waals surface area (Å²) in [5.41, 5.74) is 2.11. The first-order valence-corrected chi connectivity index (χ1v) is 7.94. The van der Waals surface area contributed by atoms with Crippen molar-refractivity contribution in [3.05, 3.63) is 66.6 Å². The van der Waals surface area contributed by atoms with Crippen LogP contribution in [0.1, 0.15) is 17.3 Å². The molecular formula is C19H17N3O4. The van der Waals surface area contributed by atoms with Crippen molar-refractivity contribution in [2.45, 2.75) is 13.0 Å². The lowest BCUT2D eigenvalue weighted by Crippen LogP contribution is -2.25. The van der Waals surface area contributed by atoms with Gasteiger partial charge in [-0.05, 0) is 31.2 Å². The number of para-hydroxylation sites is 1. The maximum absolute atomic E-state index is 12.6. The molecule has 3 aromatic rings. The second kappa shape index (κ2) is 7.60. The van der Waals surface area contributed by atoms with Gasteiger partial charge in [-0.2, -0.15) is 5.10 Å². The fourth-order valence-electron chi connectivity index (χ4n) is 2.39. The van der Waals surface area contributed by atoms with Crippen molar-refractivity contribution >= 4 is 11.9 Å². The number of aromatic nitrogens is 3. The van der Waals surface area contributed by atoms with Crippen molar-refractivity contribution in [1.29, 1.82) is 0 Å². The highest BCUT2D eigenvalue weighted by Crippen LogP contribution is 2.24. The largest absolute Gasteiger partial charge is 0.466 e. The van der Waals surface area contributed by atoms with Crippen LogP contribution in [-0.4, -0.2) is 39.9 Å². The summed E-state index contributed by atoms with van der Waals surface area (Å²) in [6.45, 7) is 1.45. The van der Waals surface area contributed by atoms with Crippen molar-refractivity contribution in [3.8, 4) is 16.9 Å². The van der Waals surface area contributed by atoms with Crippen molar-refractivity contribution in [1.82, 2.24) is 14.8 Å². The van der Waals surface area contributed by atoms with Crippen LogP contribution in [0.25, 0.3) is 16.9 Å². The van der Waals surface area contributed by atoms with Crippen molar-refractivity contribution in [3.63, 3.8) is 0 Å². The molecule has 0 N–H and O–H groups in total. The van der Waals surface area contributed by atoms with Crippen LogP contribution in [0.5, 0.6) is 0 Å². The smallest absolute Gasteiger partial charge is 0.346 e. The normalized spacial score (nSPS) is 11.6. The quantitative estimate of drug-likeness (QED) is 0.657. The Balaban J connectivity index is 2.01. The number of pyridine rings is 1. The van der Waals surface area contributed by atoms with Gasteiger partial charge in [0.15, 0.2) is 6.10 Å². The maximum atomic E-state index is 12.6. The van der Waals surface area contributed by atoms with E-state index >= 15 is 0 Å². The molecule has 0 saturated heterocycles. The minimum Gasteiger partial charge on any atom is -0.466 e. The van der Waals surface area contributed by atoms with Gasteiger partial charge in [-0.1, -0.05) is 18.2 Å². The summed E-state index contributed by atoms with van der Waals surface area (Å²) in [5.74, 6) is -1.29. The van der Waals surface area contributed by atoms with E-state index in [1.54, 1.807) is 35.4 Å². The third-order valence-corrected chi connectivity index (χ3v) is 3.71. The lowest BCUT2D eigenvalue weighted by molar-refractivity contribution is -0.149. The van der Waals surface area contributed by atoms with Gasteiger partial charge in [0.1, 0.15) is 11.3 Å². The Bertz CT molecular complexity index is 907. The van der Waals surface area contributed by atoms with Gasteiger partial charge in [-0.15, -0.1) is 0 Å². The van der Waals surface area contributed by atoms with Crippen LogP contribution < -0.4 is 0 Å². The zero-order valence-corrected chi connectivity index (χ0v) is 14.3. The number of rotatable bonds is 5. The summed E-state index contributed by atoms with van der Waals surface area (Å²) in [5, 5.41) is 4.50. The van der Waals surface area contributed by atoms with E-state index in [0.29, 0.717) is 11.3 Å². The Kier molecular flexibility index (Phi) is 5.07. The molecule has 0 unspecified atom stereocenters. The highest BCUT2D eigenvalue weighted by molar-refractivity contribution is 5.97. The number of ether oxygens (including phenoxy) is 2. The zero-order valence-electron chi connectivity index (χ0n) is 14.3. The molecule has 0 amide bonds. The predicted octanol–water partition coefficient (Wildman–Crippen LogP) is 2.65. The number of carbonyl (C=O) groups excluding carboxylic acids is 2. The fraction of sp³-hybridized carbons (Fsp3) is 0.158. The average Bonchev–Trinajstić information content (AvgIpc) is 3.14. The van der Waals surface area contributed by atoms with Gasteiger partial charge >= 0.3 is 11.9 Å². The molecule has 7 nitrogen and oxygen atoms in total. The summed E-state index contributed by atoms with van der Waals surface area (Å²) in [7, 11) is 1.24. The van der Waals surface area contributed by atoms with Crippen LogP contribution in [0.4, 0.5) is 0 Å². The SMILES string of the molecule is COC(=O)[C@@H](C)OC(=O)c1cn(-c2ccccc2)nc1-c1cccnc1. The molecular weight excluding hydrogens is 334 g/mol. The highest BCUT2D eigenvalue weighted by Gasteiger charge is 2.24. The molecule has 2 heterocycles. The second-order valence-corrected chi connectivity index (χ2v) is 5.48. The summed E-state index contributed by atoms with van der Waals surface area (Å²) in [4.78, 5) is 28.2. The number of nitrogens with zero attached hydrogens (tertiary/aromatic N) is 3. The van der Waals surface area contributed by atoms with Gasteiger partial charge in [-0.25, -0.2) is 14.3 Å². The lowest BCUT2D eigenvalue weighted by atomic mass is 10.1. The Hall–Kier alpha value is -3.48. The predicted molar refractivity (Wildman–Crippen MR) is 93.7 cm³/mol. The molecule has 0 fully saturated rings. The van der Waals surface area contributed by atoms with E-state index in [9.17, 15) is 9.59 Å². The molecule has 1 atom stereocenters. The van der Waals surface area contributed by atoms with Crippen LogP contribution in [-0.2, 0) is 14.3 Å². The highest BCUT2D eigenvalue weighted by atomic mass is 16.6. The van der Waals surface area contributed by atoms with Crippen LogP contribution >= 0.6 is 0 Å². The molecule has 0 aliphatic heterocycles. The standard InChI is InChI=1S/C19H17N3O4/c1-13(18(23)25-2)26-19(24)16-12-22(15-8-4-3-5-9-15)21-17(16)14-7-6-10-20-11-14/h3-13H,1-2H3/t13-/m1/s1. The minimum atomic E-state index is -1.02. The molecule has 0 radical (unpaired) electrons. The van der Waals surface area contributed by atoms with Gasteiger partial charge < -0.3 is 9.47 Å². The molecule has 7 heteroatoms. The topological polar surface area (TPSA) is 83.3 Å². The van der Waals surface area contributed by atoms with Crippen molar-refractivity contribution in [2.75, 3.05) is 7.11 Å². The first kappa shape index (κ1) is 17.3. The minimum absolute atomic E-state index is 0.234. The Morgan fingerprint density at radius 3 is 2.54 bits per heavy atom. The van der Waals surface area contributed by atoms with Gasteiger partial charge in [-0.3, -0.25) is 4.98 Å². The Labute approximate surface area is 150 Å². The van der Waals surface area contributed by atoms with E-state index in [1.165, 1.54) is 14.0 Å².